The molecule has 1 aromatic rings. The van der Waals surface area contributed by atoms with Crippen LogP contribution in [0.3, 0.4) is 0 Å². The van der Waals surface area contributed by atoms with E-state index in [4.69, 9.17) is 0 Å². The van der Waals surface area contributed by atoms with Crippen LogP contribution in [0, 0.1) is 0 Å². The lowest BCUT2D eigenvalue weighted by Gasteiger charge is -2.17. The minimum Gasteiger partial charge on any atom is -0.247 e. The lowest BCUT2D eigenvalue weighted by molar-refractivity contribution is -0.727. The Bertz CT molecular complexity index is 798. The lowest BCUT2D eigenvalue weighted by atomic mass is 9.92. The molecule has 0 aliphatic carbocycles. The molecule has 0 aliphatic rings. The average Bonchev–Trinajstić information content (AvgIpc) is 3.65. The van der Waals surface area contributed by atoms with Gasteiger partial charge < -0.3 is 0 Å². The Labute approximate surface area is 329 Å². The van der Waals surface area contributed by atoms with Gasteiger partial charge in [0.1, 0.15) is 12.4 Å². The third-order valence-electron chi connectivity index (χ3n) is 12.4. The third-order valence-corrected chi connectivity index (χ3v) is 12.4. The zero-order valence-electron chi connectivity index (χ0n) is 36.7. The number of hydrogen-bond donors (Lipinski definition) is 1. The normalized spacial score (nSPS) is 12.9. The highest BCUT2D eigenvalue weighted by Crippen LogP contribution is 2.28. The molecular formula is C50H99N2+. The highest BCUT2D eigenvalue weighted by atomic mass is 15.1. The summed E-state index contributed by atoms with van der Waals surface area (Å²) in [6.07, 6.45) is 63.6. The molecule has 2 nitrogen and oxygen atoms in total. The van der Waals surface area contributed by atoms with Crippen LogP contribution < -0.4 is 4.57 Å². The van der Waals surface area contributed by atoms with Gasteiger partial charge in [-0.05, 0) is 32.6 Å². The number of imidazole rings is 1. The summed E-state index contributed by atoms with van der Waals surface area (Å²) in [4.78, 5) is 3.78. The molecule has 0 saturated heterocycles. The number of nitrogens with zero attached hydrogens (tertiary/aromatic N) is 1. The van der Waals surface area contributed by atoms with E-state index < -0.39 is 0 Å². The van der Waals surface area contributed by atoms with Gasteiger partial charge in [-0.15, -0.1) is 0 Å². The second-order valence-electron chi connectivity index (χ2n) is 17.5. The Balaban J connectivity index is 2.32. The predicted molar refractivity (Wildman–Crippen MR) is 235 cm³/mol. The predicted octanol–water partition coefficient (Wildman–Crippen LogP) is 18.0. The van der Waals surface area contributed by atoms with Crippen LogP contribution in [0.4, 0.5) is 0 Å². The summed E-state index contributed by atoms with van der Waals surface area (Å²) < 4.78 is 2.65. The van der Waals surface area contributed by atoms with Crippen LogP contribution in [0.15, 0.2) is 12.4 Å². The standard InChI is InChI=1S/C50H98N2/c1-5-8-11-14-17-19-21-23-25-27-29-31-33-36-39-42-45-49(44-41-38-35-32-30-28-26-24-22-20-18-15-12-9-6-2)50-51-46-47-52(50)48(4)43-40-37-34-16-13-10-7-3/h46-49H,5-45H2,1-4H3/p+1. The fourth-order valence-corrected chi connectivity index (χ4v) is 8.73. The Morgan fingerprint density at radius 2 is 0.615 bits per heavy atom. The van der Waals surface area contributed by atoms with E-state index in [1.165, 1.54) is 263 Å². The summed E-state index contributed by atoms with van der Waals surface area (Å²) in [5.74, 6) is 2.25. The maximum atomic E-state index is 3.78. The summed E-state index contributed by atoms with van der Waals surface area (Å²) in [6, 6.07) is 0.617. The number of aromatic amines is 1. The van der Waals surface area contributed by atoms with Crippen LogP contribution >= 0.6 is 0 Å². The first-order valence-electron chi connectivity index (χ1n) is 24.8. The van der Waals surface area contributed by atoms with Gasteiger partial charge in [0.15, 0.2) is 0 Å². The highest BCUT2D eigenvalue weighted by Gasteiger charge is 2.25. The molecule has 2 heteroatoms. The van der Waals surface area contributed by atoms with E-state index in [0.717, 1.165) is 0 Å². The Kier molecular flexibility index (Phi) is 37.8. The quantitative estimate of drug-likeness (QED) is 0.0510. The van der Waals surface area contributed by atoms with Gasteiger partial charge in [0.25, 0.3) is 5.82 Å². The number of rotatable bonds is 43. The Morgan fingerprint density at radius 3 is 0.904 bits per heavy atom. The van der Waals surface area contributed by atoms with Crippen LogP contribution in [0.25, 0.3) is 0 Å². The van der Waals surface area contributed by atoms with E-state index in [1.54, 1.807) is 5.82 Å². The first-order chi connectivity index (χ1) is 25.7. The molecule has 1 aromatic heterocycles. The van der Waals surface area contributed by atoms with Gasteiger partial charge >= 0.3 is 0 Å². The van der Waals surface area contributed by atoms with Crippen LogP contribution in [0.1, 0.15) is 309 Å². The molecule has 0 spiro atoms. The maximum absolute atomic E-state index is 3.78. The van der Waals surface area contributed by atoms with Crippen LogP contribution in [-0.4, -0.2) is 4.98 Å². The molecular weight excluding hydrogens is 629 g/mol. The number of aromatic nitrogens is 2. The third kappa shape index (κ3) is 30.5. The van der Waals surface area contributed by atoms with Gasteiger partial charge in [-0.25, -0.2) is 9.55 Å². The molecule has 308 valence electrons. The summed E-state index contributed by atoms with van der Waals surface area (Å²) in [5.41, 5.74) is 0. The smallest absolute Gasteiger partial charge is 0.247 e. The van der Waals surface area contributed by atoms with Gasteiger partial charge in [-0.1, -0.05) is 258 Å². The maximum Gasteiger partial charge on any atom is 0.257 e. The van der Waals surface area contributed by atoms with Gasteiger partial charge in [-0.3, -0.25) is 0 Å². The SMILES string of the molecule is CCCCCCCCCCCCCCCCCCC(CCCCCCCCCCCCCCCCC)c1[nH]cc[n+]1C(C)CCCCCCCCC. The fraction of sp³-hybridized carbons (Fsp3) is 0.940. The number of hydrogen-bond acceptors (Lipinski definition) is 0. The second-order valence-corrected chi connectivity index (χ2v) is 17.5. The minimum absolute atomic E-state index is 0.617. The molecule has 52 heavy (non-hydrogen) atoms. The zero-order valence-corrected chi connectivity index (χ0v) is 36.7. The first-order valence-corrected chi connectivity index (χ1v) is 24.8. The zero-order chi connectivity index (χ0) is 37.4. The molecule has 1 heterocycles. The van der Waals surface area contributed by atoms with Crippen molar-refractivity contribution >= 4 is 0 Å². The van der Waals surface area contributed by atoms with Crippen LogP contribution in [-0.2, 0) is 0 Å². The van der Waals surface area contributed by atoms with E-state index in [0.29, 0.717) is 12.0 Å². The molecule has 1 rings (SSSR count). The second kappa shape index (κ2) is 39.9. The highest BCUT2D eigenvalue weighted by molar-refractivity contribution is 4.90. The fourth-order valence-electron chi connectivity index (χ4n) is 8.73. The monoisotopic (exact) mass is 728 g/mol. The van der Waals surface area contributed by atoms with E-state index >= 15 is 0 Å². The molecule has 0 fully saturated rings. The first kappa shape index (κ1) is 49.2. The van der Waals surface area contributed by atoms with Crippen molar-refractivity contribution in [3.05, 3.63) is 18.2 Å². The number of H-pyrrole nitrogens is 1. The van der Waals surface area contributed by atoms with E-state index in [2.05, 4.69) is 49.6 Å². The van der Waals surface area contributed by atoms with Crippen molar-refractivity contribution in [1.82, 2.24) is 4.98 Å². The van der Waals surface area contributed by atoms with Gasteiger partial charge in [0.2, 0.25) is 0 Å². The molecule has 0 aliphatic heterocycles. The molecule has 0 bridgehead atoms. The lowest BCUT2D eigenvalue weighted by Crippen LogP contribution is -2.41. The summed E-state index contributed by atoms with van der Waals surface area (Å²) >= 11 is 0. The summed E-state index contributed by atoms with van der Waals surface area (Å²) in [7, 11) is 0. The summed E-state index contributed by atoms with van der Waals surface area (Å²) in [5, 5.41) is 0. The molecule has 2 atom stereocenters. The van der Waals surface area contributed by atoms with Crippen molar-refractivity contribution in [1.29, 1.82) is 0 Å². The van der Waals surface area contributed by atoms with Crippen molar-refractivity contribution < 1.29 is 4.57 Å². The molecule has 0 radical (unpaired) electrons. The van der Waals surface area contributed by atoms with Crippen LogP contribution in [0.2, 0.25) is 0 Å². The van der Waals surface area contributed by atoms with Gasteiger partial charge in [0, 0.05) is 0 Å². The number of unbranched alkanes of at least 4 members (excludes halogenated alkanes) is 35. The Morgan fingerprint density at radius 1 is 0.365 bits per heavy atom. The average molecular weight is 728 g/mol. The van der Waals surface area contributed by atoms with Crippen molar-refractivity contribution in [2.45, 2.75) is 303 Å². The molecule has 0 saturated carbocycles. The minimum atomic E-state index is 0.617. The summed E-state index contributed by atoms with van der Waals surface area (Å²) in [6.45, 7) is 9.43. The van der Waals surface area contributed by atoms with Gasteiger partial charge in [-0.2, -0.15) is 0 Å². The van der Waals surface area contributed by atoms with Gasteiger partial charge in [0.05, 0.1) is 12.0 Å². The van der Waals surface area contributed by atoms with E-state index in [9.17, 15) is 0 Å². The molecule has 1 N–H and O–H groups in total. The Hall–Kier alpha value is -0.790. The molecule has 0 aromatic carbocycles. The number of nitrogens with one attached hydrogen (secondary N) is 1. The van der Waals surface area contributed by atoms with Crippen molar-refractivity contribution in [2.75, 3.05) is 0 Å². The largest absolute Gasteiger partial charge is 0.257 e. The van der Waals surface area contributed by atoms with Crippen molar-refractivity contribution in [2.24, 2.45) is 0 Å². The van der Waals surface area contributed by atoms with Crippen LogP contribution in [0.5, 0.6) is 0 Å². The topological polar surface area (TPSA) is 19.7 Å². The van der Waals surface area contributed by atoms with Crippen molar-refractivity contribution in [3.63, 3.8) is 0 Å². The molecule has 0 amide bonds. The van der Waals surface area contributed by atoms with E-state index in [-0.39, 0.29) is 0 Å². The van der Waals surface area contributed by atoms with E-state index in [1.807, 2.05) is 0 Å². The van der Waals surface area contributed by atoms with Crippen molar-refractivity contribution in [3.8, 4) is 0 Å². The molecule has 2 unspecified atom stereocenters.